The first kappa shape index (κ1) is 14.5. The van der Waals surface area contributed by atoms with Crippen LogP contribution in [0.15, 0.2) is 28.7 Å². The largest absolute Gasteiger partial charge is 0.352 e. The van der Waals surface area contributed by atoms with Crippen molar-refractivity contribution in [1.29, 1.82) is 0 Å². The lowest BCUT2D eigenvalue weighted by molar-refractivity contribution is -0.121. The molecule has 19 heavy (non-hydrogen) atoms. The van der Waals surface area contributed by atoms with E-state index in [4.69, 9.17) is 0 Å². The molecule has 3 nitrogen and oxygen atoms in total. The highest BCUT2D eigenvalue weighted by Gasteiger charge is 2.17. The topological polar surface area (TPSA) is 41.1 Å². The smallest absolute Gasteiger partial charge is 0.234 e. The van der Waals surface area contributed by atoms with Gasteiger partial charge in [0, 0.05) is 16.6 Å². The van der Waals surface area contributed by atoms with Crippen LogP contribution in [0.2, 0.25) is 0 Å². The number of hydrogen-bond donors (Lipinski definition) is 2. The summed E-state index contributed by atoms with van der Waals surface area (Å²) in [6.45, 7) is 2.45. The first-order chi connectivity index (χ1) is 9.15. The zero-order valence-electron chi connectivity index (χ0n) is 11.3. The molecule has 1 amide bonds. The second kappa shape index (κ2) is 7.06. The maximum absolute atomic E-state index is 11.8. The summed E-state index contributed by atoms with van der Waals surface area (Å²) in [5.41, 5.74) is 1.18. The first-order valence-electron chi connectivity index (χ1n) is 6.93. The van der Waals surface area contributed by atoms with Gasteiger partial charge in [0.15, 0.2) is 0 Å². The lowest BCUT2D eigenvalue weighted by Crippen LogP contribution is -2.39. The van der Waals surface area contributed by atoms with E-state index < -0.39 is 0 Å². The molecule has 0 aromatic heterocycles. The average molecular weight is 325 g/mol. The lowest BCUT2D eigenvalue weighted by atomic mass is 10.1. The minimum Gasteiger partial charge on any atom is -0.352 e. The molecule has 1 atom stereocenters. The molecule has 4 heteroatoms. The van der Waals surface area contributed by atoms with Gasteiger partial charge < -0.3 is 10.6 Å². The van der Waals surface area contributed by atoms with Crippen molar-refractivity contribution in [3.8, 4) is 0 Å². The molecule has 1 aromatic carbocycles. The molecule has 1 aliphatic carbocycles. The lowest BCUT2D eigenvalue weighted by Gasteiger charge is -2.16. The highest BCUT2D eigenvalue weighted by Crippen LogP contribution is 2.18. The molecule has 0 heterocycles. The van der Waals surface area contributed by atoms with Gasteiger partial charge in [0.05, 0.1) is 6.54 Å². The Morgan fingerprint density at radius 3 is 2.84 bits per heavy atom. The Kier molecular flexibility index (Phi) is 5.40. The van der Waals surface area contributed by atoms with Crippen LogP contribution in [-0.4, -0.2) is 18.5 Å². The molecular formula is C15H21BrN2O. The van der Waals surface area contributed by atoms with Gasteiger partial charge in [0.25, 0.3) is 0 Å². The van der Waals surface area contributed by atoms with Crippen LogP contribution in [0.5, 0.6) is 0 Å². The molecular weight excluding hydrogens is 304 g/mol. The normalized spacial score (nSPS) is 17.4. The predicted octanol–water partition coefficient (Wildman–Crippen LogP) is 3.16. The zero-order chi connectivity index (χ0) is 13.7. The summed E-state index contributed by atoms with van der Waals surface area (Å²) in [5.74, 6) is 0.105. The van der Waals surface area contributed by atoms with Gasteiger partial charge in [-0.25, -0.2) is 0 Å². The first-order valence-corrected chi connectivity index (χ1v) is 7.72. The van der Waals surface area contributed by atoms with E-state index in [9.17, 15) is 4.79 Å². The van der Waals surface area contributed by atoms with Gasteiger partial charge in [0.2, 0.25) is 5.91 Å². The van der Waals surface area contributed by atoms with Crippen molar-refractivity contribution < 1.29 is 4.79 Å². The van der Waals surface area contributed by atoms with E-state index in [-0.39, 0.29) is 11.9 Å². The summed E-state index contributed by atoms with van der Waals surface area (Å²) in [6.07, 6.45) is 4.75. The van der Waals surface area contributed by atoms with Crippen molar-refractivity contribution in [2.45, 2.75) is 44.7 Å². The maximum Gasteiger partial charge on any atom is 0.234 e. The second-order valence-corrected chi connectivity index (χ2v) is 6.12. The number of rotatable bonds is 5. The van der Waals surface area contributed by atoms with Gasteiger partial charge in [-0.15, -0.1) is 0 Å². The predicted molar refractivity (Wildman–Crippen MR) is 81.0 cm³/mol. The Hall–Kier alpha value is -0.870. The molecule has 0 bridgehead atoms. The number of amides is 1. The van der Waals surface area contributed by atoms with Crippen molar-refractivity contribution in [1.82, 2.24) is 10.6 Å². The number of carbonyl (C=O) groups is 1. The van der Waals surface area contributed by atoms with E-state index in [2.05, 4.69) is 45.6 Å². The summed E-state index contributed by atoms with van der Waals surface area (Å²) < 4.78 is 1.06. The molecule has 104 valence electrons. The minimum absolute atomic E-state index is 0.105. The van der Waals surface area contributed by atoms with Crippen LogP contribution in [0.1, 0.15) is 44.2 Å². The Bertz CT molecular complexity index is 430. The van der Waals surface area contributed by atoms with E-state index in [0.29, 0.717) is 12.6 Å². The summed E-state index contributed by atoms with van der Waals surface area (Å²) in [4.78, 5) is 11.8. The van der Waals surface area contributed by atoms with Gasteiger partial charge in [0.1, 0.15) is 0 Å². The van der Waals surface area contributed by atoms with E-state index in [1.54, 1.807) is 0 Å². The minimum atomic E-state index is 0.105. The van der Waals surface area contributed by atoms with Crippen LogP contribution in [0, 0.1) is 0 Å². The Balaban J connectivity index is 1.76. The van der Waals surface area contributed by atoms with Crippen LogP contribution in [0.4, 0.5) is 0 Å². The molecule has 1 aromatic rings. The number of hydrogen-bond acceptors (Lipinski definition) is 2. The van der Waals surface area contributed by atoms with Gasteiger partial charge in [-0.3, -0.25) is 4.79 Å². The number of benzene rings is 1. The number of halogens is 1. The summed E-state index contributed by atoms with van der Waals surface area (Å²) in [6, 6.07) is 8.73. The fraction of sp³-hybridized carbons (Fsp3) is 0.533. The van der Waals surface area contributed by atoms with Crippen LogP contribution in [-0.2, 0) is 4.79 Å². The SMILES string of the molecule is C[C@H](NCC(=O)NC1CCCC1)c1cccc(Br)c1. The Morgan fingerprint density at radius 1 is 1.42 bits per heavy atom. The summed E-state index contributed by atoms with van der Waals surface area (Å²) in [5, 5.41) is 6.35. The Labute approximate surface area is 123 Å². The molecule has 0 aliphatic heterocycles. The van der Waals surface area contributed by atoms with Crippen LogP contribution < -0.4 is 10.6 Å². The van der Waals surface area contributed by atoms with Crippen molar-refractivity contribution in [3.05, 3.63) is 34.3 Å². The molecule has 0 saturated heterocycles. The van der Waals surface area contributed by atoms with Crippen molar-refractivity contribution in [3.63, 3.8) is 0 Å². The van der Waals surface area contributed by atoms with Gasteiger partial charge in [-0.05, 0) is 37.5 Å². The molecule has 2 rings (SSSR count). The van der Waals surface area contributed by atoms with E-state index >= 15 is 0 Å². The van der Waals surface area contributed by atoms with E-state index in [1.807, 2.05) is 12.1 Å². The summed E-state index contributed by atoms with van der Waals surface area (Å²) in [7, 11) is 0. The Morgan fingerprint density at radius 2 is 2.16 bits per heavy atom. The molecule has 2 N–H and O–H groups in total. The fourth-order valence-electron chi connectivity index (χ4n) is 2.49. The molecule has 1 fully saturated rings. The standard InChI is InChI=1S/C15H21BrN2O/c1-11(12-5-4-6-13(16)9-12)17-10-15(19)18-14-7-2-3-8-14/h4-6,9,11,14,17H,2-3,7-8,10H2,1H3,(H,18,19)/t11-/m0/s1. The van der Waals surface area contributed by atoms with Gasteiger partial charge in [-0.2, -0.15) is 0 Å². The fourth-order valence-corrected chi connectivity index (χ4v) is 2.91. The van der Waals surface area contributed by atoms with Gasteiger partial charge >= 0.3 is 0 Å². The highest BCUT2D eigenvalue weighted by molar-refractivity contribution is 9.10. The van der Waals surface area contributed by atoms with Crippen molar-refractivity contribution in [2.75, 3.05) is 6.54 Å². The van der Waals surface area contributed by atoms with Gasteiger partial charge in [-0.1, -0.05) is 40.9 Å². The molecule has 1 saturated carbocycles. The molecule has 0 unspecified atom stereocenters. The van der Waals surface area contributed by atoms with Crippen LogP contribution in [0.25, 0.3) is 0 Å². The zero-order valence-corrected chi connectivity index (χ0v) is 12.9. The van der Waals surface area contributed by atoms with Crippen molar-refractivity contribution in [2.24, 2.45) is 0 Å². The monoisotopic (exact) mass is 324 g/mol. The second-order valence-electron chi connectivity index (χ2n) is 5.21. The molecule has 0 radical (unpaired) electrons. The van der Waals surface area contributed by atoms with E-state index in [0.717, 1.165) is 17.3 Å². The maximum atomic E-state index is 11.8. The highest BCUT2D eigenvalue weighted by atomic mass is 79.9. The van der Waals surface area contributed by atoms with Crippen LogP contribution >= 0.6 is 15.9 Å². The third-order valence-corrected chi connectivity index (χ3v) is 4.13. The van der Waals surface area contributed by atoms with Crippen LogP contribution in [0.3, 0.4) is 0 Å². The number of nitrogens with one attached hydrogen (secondary N) is 2. The van der Waals surface area contributed by atoms with E-state index in [1.165, 1.54) is 18.4 Å². The molecule has 0 spiro atoms. The molecule has 1 aliphatic rings. The third kappa shape index (κ3) is 4.62. The van der Waals surface area contributed by atoms with Crippen molar-refractivity contribution >= 4 is 21.8 Å². The summed E-state index contributed by atoms with van der Waals surface area (Å²) >= 11 is 3.46. The third-order valence-electron chi connectivity index (χ3n) is 3.64. The average Bonchev–Trinajstić information content (AvgIpc) is 2.88. The number of carbonyl (C=O) groups excluding carboxylic acids is 1. The quantitative estimate of drug-likeness (QED) is 0.873.